The molecule has 172 valence electrons. The summed E-state index contributed by atoms with van der Waals surface area (Å²) in [6.07, 6.45) is -2.99. The molecule has 8 nitrogen and oxygen atoms in total. The minimum Gasteiger partial charge on any atom is -0.384 e. The average Bonchev–Trinajstić information content (AvgIpc) is 3.34. The summed E-state index contributed by atoms with van der Waals surface area (Å²) in [5.41, 5.74) is 8.06. The minimum atomic E-state index is -1.68. The molecule has 2 heterocycles. The maximum Gasteiger partial charge on any atom is 0.259 e. The zero-order valence-electron chi connectivity index (χ0n) is 17.4. The molecule has 0 spiro atoms. The number of aliphatic hydroxyl groups is 1. The summed E-state index contributed by atoms with van der Waals surface area (Å²) in [5, 5.41) is 22.5. The SMILES string of the molecule is Cl.N=C(N)c1ccc(NC(=O)[C@H](O)[C@H]2OCCN(c3ccc(-c4cccs4)cc3)C2=O)cc1. The number of hydrogen-bond donors (Lipinski definition) is 4. The first kappa shape index (κ1) is 24.4. The summed E-state index contributed by atoms with van der Waals surface area (Å²) in [5.74, 6) is -1.32. The number of ether oxygens (including phenoxy) is 1. The molecule has 10 heteroatoms. The number of carbonyl (C=O) groups is 2. The Morgan fingerprint density at radius 2 is 1.88 bits per heavy atom. The Morgan fingerprint density at radius 3 is 2.48 bits per heavy atom. The van der Waals surface area contributed by atoms with Crippen LogP contribution in [0.5, 0.6) is 0 Å². The van der Waals surface area contributed by atoms with Crippen molar-refractivity contribution in [3.63, 3.8) is 0 Å². The van der Waals surface area contributed by atoms with E-state index in [0.29, 0.717) is 23.5 Å². The molecule has 5 N–H and O–H groups in total. The van der Waals surface area contributed by atoms with E-state index in [1.54, 1.807) is 35.6 Å². The summed E-state index contributed by atoms with van der Waals surface area (Å²) in [7, 11) is 0. The van der Waals surface area contributed by atoms with Crippen molar-refractivity contribution in [1.29, 1.82) is 5.41 Å². The Kier molecular flexibility index (Phi) is 7.83. The highest BCUT2D eigenvalue weighted by Crippen LogP contribution is 2.28. The van der Waals surface area contributed by atoms with Crippen molar-refractivity contribution in [1.82, 2.24) is 0 Å². The number of thiophene rings is 1. The maximum absolute atomic E-state index is 13.0. The van der Waals surface area contributed by atoms with Gasteiger partial charge in [0.2, 0.25) is 0 Å². The zero-order chi connectivity index (χ0) is 22.7. The van der Waals surface area contributed by atoms with Crippen LogP contribution in [0, 0.1) is 5.41 Å². The van der Waals surface area contributed by atoms with Crippen LogP contribution in [0.15, 0.2) is 66.0 Å². The third kappa shape index (κ3) is 5.40. The van der Waals surface area contributed by atoms with E-state index in [9.17, 15) is 14.7 Å². The maximum atomic E-state index is 13.0. The van der Waals surface area contributed by atoms with E-state index in [2.05, 4.69) is 5.32 Å². The predicted octanol–water partition coefficient (Wildman–Crippen LogP) is 2.85. The van der Waals surface area contributed by atoms with Gasteiger partial charge in [-0.05, 0) is 53.4 Å². The van der Waals surface area contributed by atoms with Crippen molar-refractivity contribution in [2.75, 3.05) is 23.4 Å². The summed E-state index contributed by atoms with van der Waals surface area (Å²) < 4.78 is 5.45. The lowest BCUT2D eigenvalue weighted by atomic mass is 10.1. The molecule has 1 aliphatic rings. The lowest BCUT2D eigenvalue weighted by Gasteiger charge is -2.34. The van der Waals surface area contributed by atoms with E-state index in [1.165, 1.54) is 4.90 Å². The van der Waals surface area contributed by atoms with Crippen LogP contribution in [0.2, 0.25) is 0 Å². The summed E-state index contributed by atoms with van der Waals surface area (Å²) in [4.78, 5) is 28.1. The molecule has 1 saturated heterocycles. The molecule has 1 fully saturated rings. The Balaban J connectivity index is 0.00000306. The van der Waals surface area contributed by atoms with Gasteiger partial charge in [0.25, 0.3) is 11.8 Å². The van der Waals surface area contributed by atoms with E-state index in [0.717, 1.165) is 10.4 Å². The number of morpholine rings is 1. The molecular formula is C23H23ClN4O4S. The first-order valence-electron chi connectivity index (χ1n) is 9.94. The van der Waals surface area contributed by atoms with Gasteiger partial charge in [0.1, 0.15) is 5.84 Å². The molecule has 2 aromatic carbocycles. The number of amides is 2. The van der Waals surface area contributed by atoms with Gasteiger partial charge in [0.05, 0.1) is 6.61 Å². The average molecular weight is 487 g/mol. The second-order valence-corrected chi connectivity index (χ2v) is 8.18. The number of nitrogens with two attached hydrogens (primary N) is 1. The topological polar surface area (TPSA) is 129 Å². The highest BCUT2D eigenvalue weighted by molar-refractivity contribution is 7.13. The number of carbonyl (C=O) groups excluding carboxylic acids is 2. The van der Waals surface area contributed by atoms with Crippen molar-refractivity contribution < 1.29 is 19.4 Å². The molecule has 0 radical (unpaired) electrons. The molecule has 1 aromatic heterocycles. The lowest BCUT2D eigenvalue weighted by Crippen LogP contribution is -2.55. The fourth-order valence-corrected chi connectivity index (χ4v) is 4.16. The van der Waals surface area contributed by atoms with Crippen LogP contribution in [0.4, 0.5) is 11.4 Å². The van der Waals surface area contributed by atoms with E-state index in [1.807, 2.05) is 41.8 Å². The van der Waals surface area contributed by atoms with Crippen molar-refractivity contribution in [2.24, 2.45) is 5.73 Å². The monoisotopic (exact) mass is 486 g/mol. The summed E-state index contributed by atoms with van der Waals surface area (Å²) in [6, 6.07) is 17.9. The van der Waals surface area contributed by atoms with E-state index < -0.39 is 24.0 Å². The van der Waals surface area contributed by atoms with Gasteiger partial charge in [-0.1, -0.05) is 18.2 Å². The highest BCUT2D eigenvalue weighted by Gasteiger charge is 2.39. The molecule has 33 heavy (non-hydrogen) atoms. The first-order chi connectivity index (χ1) is 15.4. The third-order valence-corrected chi connectivity index (χ3v) is 6.04. The van der Waals surface area contributed by atoms with Gasteiger partial charge in [0, 0.05) is 28.4 Å². The van der Waals surface area contributed by atoms with E-state index >= 15 is 0 Å². The summed E-state index contributed by atoms with van der Waals surface area (Å²) >= 11 is 1.63. The molecule has 2 atom stereocenters. The Morgan fingerprint density at radius 1 is 1.18 bits per heavy atom. The van der Waals surface area contributed by atoms with Gasteiger partial charge >= 0.3 is 0 Å². The van der Waals surface area contributed by atoms with Crippen LogP contribution >= 0.6 is 23.7 Å². The van der Waals surface area contributed by atoms with Gasteiger partial charge < -0.3 is 25.8 Å². The van der Waals surface area contributed by atoms with Crippen LogP contribution in [-0.2, 0) is 14.3 Å². The number of anilines is 2. The van der Waals surface area contributed by atoms with Crippen LogP contribution < -0.4 is 16.0 Å². The van der Waals surface area contributed by atoms with Gasteiger partial charge in [-0.15, -0.1) is 23.7 Å². The van der Waals surface area contributed by atoms with Crippen molar-refractivity contribution >= 4 is 52.8 Å². The van der Waals surface area contributed by atoms with E-state index in [4.69, 9.17) is 15.9 Å². The van der Waals surface area contributed by atoms with Crippen molar-refractivity contribution in [2.45, 2.75) is 12.2 Å². The smallest absolute Gasteiger partial charge is 0.259 e. The fraction of sp³-hybridized carbons (Fsp3) is 0.174. The molecular weight excluding hydrogens is 464 g/mol. The predicted molar refractivity (Wildman–Crippen MR) is 131 cm³/mol. The molecule has 0 unspecified atom stereocenters. The van der Waals surface area contributed by atoms with Crippen molar-refractivity contribution in [3.05, 3.63) is 71.6 Å². The Labute approximate surface area is 200 Å². The van der Waals surface area contributed by atoms with Gasteiger partial charge in [0.15, 0.2) is 12.2 Å². The highest BCUT2D eigenvalue weighted by atomic mass is 35.5. The number of hydrogen-bond acceptors (Lipinski definition) is 6. The second-order valence-electron chi connectivity index (χ2n) is 7.23. The zero-order valence-corrected chi connectivity index (χ0v) is 19.1. The fourth-order valence-electron chi connectivity index (χ4n) is 3.42. The van der Waals surface area contributed by atoms with Crippen LogP contribution in [0.25, 0.3) is 10.4 Å². The molecule has 0 bridgehead atoms. The van der Waals surface area contributed by atoms with Crippen molar-refractivity contribution in [3.8, 4) is 10.4 Å². The molecule has 2 amide bonds. The molecule has 1 aliphatic heterocycles. The number of benzene rings is 2. The largest absolute Gasteiger partial charge is 0.384 e. The van der Waals surface area contributed by atoms with Gasteiger partial charge in [-0.3, -0.25) is 15.0 Å². The second kappa shape index (κ2) is 10.6. The molecule has 0 saturated carbocycles. The van der Waals surface area contributed by atoms with Crippen LogP contribution in [0.3, 0.4) is 0 Å². The van der Waals surface area contributed by atoms with Gasteiger partial charge in [-0.25, -0.2) is 0 Å². The minimum absolute atomic E-state index is 0. The van der Waals surface area contributed by atoms with Gasteiger partial charge in [-0.2, -0.15) is 0 Å². The molecule has 4 rings (SSSR count). The van der Waals surface area contributed by atoms with E-state index in [-0.39, 0.29) is 24.8 Å². The number of halogens is 1. The third-order valence-electron chi connectivity index (χ3n) is 5.13. The Hall–Kier alpha value is -3.24. The number of nitrogens with zero attached hydrogens (tertiary/aromatic N) is 1. The number of aliphatic hydroxyl groups excluding tert-OH is 1. The number of nitrogens with one attached hydrogen (secondary N) is 2. The standard InChI is InChI=1S/C23H22N4O4S.ClH/c24-21(25)15-3-7-16(8-4-15)26-22(29)19(28)20-23(30)27(11-12-31-20)17-9-5-14(6-10-17)18-2-1-13-32-18;/h1-10,13,19-20,28H,11-12H2,(H3,24,25)(H,26,29);1H/t19-,20-;/m1./s1. The number of amidine groups is 1. The summed E-state index contributed by atoms with van der Waals surface area (Å²) in [6.45, 7) is 0.523. The molecule has 3 aromatic rings. The lowest BCUT2D eigenvalue weighted by molar-refractivity contribution is -0.150. The molecule has 0 aliphatic carbocycles. The first-order valence-corrected chi connectivity index (χ1v) is 10.8. The normalized spacial score (nSPS) is 16.6. The number of nitrogen functional groups attached to an aromatic ring is 1. The Bertz CT molecular complexity index is 1120. The van der Waals surface area contributed by atoms with Crippen LogP contribution in [0.1, 0.15) is 5.56 Å². The number of rotatable bonds is 6. The quantitative estimate of drug-likeness (QED) is 0.314. The van der Waals surface area contributed by atoms with Crippen LogP contribution in [-0.4, -0.2) is 48.1 Å².